The van der Waals surface area contributed by atoms with Crippen LogP contribution in [0.15, 0.2) is 77.3 Å². The standard InChI is InChI=1S/C29H25BrN4O7/c30-20-5-1-3-18(14-20)27(37)31-23(13-17-7-9-22(35)10-8-17)29(39)32-12-11-24-26(32)25(36)16-33(24)28(38)19-4-2-6-21(15-19)34(40)41/h1-10,14-15,23-24,26,35H,11-13,16H2,(H,31,37)/t23?,24-,26+/m1/s1. The number of nitro benzene ring substituents is 1. The van der Waals surface area contributed by atoms with Crippen molar-refractivity contribution in [3.05, 3.63) is 104 Å². The fraction of sp³-hybridized carbons (Fsp3) is 0.241. The van der Waals surface area contributed by atoms with Crippen molar-refractivity contribution in [1.82, 2.24) is 15.1 Å². The summed E-state index contributed by atoms with van der Waals surface area (Å²) in [5.41, 5.74) is 0.878. The molecular formula is C29H25BrN4O7. The first-order chi connectivity index (χ1) is 19.6. The molecule has 2 aliphatic rings. The maximum absolute atomic E-state index is 13.9. The number of phenols is 1. The van der Waals surface area contributed by atoms with Gasteiger partial charge in [0, 0.05) is 40.7 Å². The topological polar surface area (TPSA) is 150 Å². The van der Waals surface area contributed by atoms with Gasteiger partial charge in [0.25, 0.3) is 17.5 Å². The van der Waals surface area contributed by atoms with Crippen molar-refractivity contribution in [2.45, 2.75) is 31.0 Å². The Morgan fingerprint density at radius 1 is 1.02 bits per heavy atom. The number of benzene rings is 3. The molecule has 0 aliphatic carbocycles. The van der Waals surface area contributed by atoms with E-state index in [0.717, 1.165) is 0 Å². The first-order valence-corrected chi connectivity index (χ1v) is 13.6. The molecule has 0 saturated carbocycles. The maximum Gasteiger partial charge on any atom is 0.270 e. The minimum atomic E-state index is -1.03. The van der Waals surface area contributed by atoms with Crippen LogP contribution in [-0.2, 0) is 16.0 Å². The number of carbonyl (C=O) groups is 4. The Bertz CT molecular complexity index is 1540. The van der Waals surface area contributed by atoms with E-state index >= 15 is 0 Å². The highest BCUT2D eigenvalue weighted by atomic mass is 79.9. The van der Waals surface area contributed by atoms with Gasteiger partial charge < -0.3 is 20.2 Å². The number of nitro groups is 1. The number of aromatic hydroxyl groups is 1. The van der Waals surface area contributed by atoms with Crippen molar-refractivity contribution in [1.29, 1.82) is 0 Å². The van der Waals surface area contributed by atoms with Gasteiger partial charge in [0.2, 0.25) is 5.91 Å². The zero-order chi connectivity index (χ0) is 29.3. The molecule has 1 unspecified atom stereocenters. The average Bonchev–Trinajstić information content (AvgIpc) is 3.54. The molecule has 41 heavy (non-hydrogen) atoms. The molecule has 5 rings (SSSR count). The van der Waals surface area contributed by atoms with Crippen LogP contribution in [0.2, 0.25) is 0 Å². The molecule has 0 aromatic heterocycles. The van der Waals surface area contributed by atoms with Gasteiger partial charge in [-0.1, -0.05) is 40.2 Å². The molecular weight excluding hydrogens is 596 g/mol. The average molecular weight is 621 g/mol. The molecule has 11 nitrogen and oxygen atoms in total. The second-order valence-corrected chi connectivity index (χ2v) is 10.9. The number of carbonyl (C=O) groups excluding carboxylic acids is 4. The molecule has 2 saturated heterocycles. The fourth-order valence-electron chi connectivity index (χ4n) is 5.40. The van der Waals surface area contributed by atoms with Gasteiger partial charge in [0.05, 0.1) is 17.5 Å². The third kappa shape index (κ3) is 5.82. The Balaban J connectivity index is 1.38. The number of Topliss-reactive ketones (excluding diaryl/α,β-unsaturated/α-hetero) is 1. The van der Waals surface area contributed by atoms with Crippen molar-refractivity contribution in [3.63, 3.8) is 0 Å². The lowest BCUT2D eigenvalue weighted by molar-refractivity contribution is -0.384. The van der Waals surface area contributed by atoms with Crippen molar-refractivity contribution in [2.24, 2.45) is 0 Å². The number of amides is 3. The zero-order valence-electron chi connectivity index (χ0n) is 21.6. The number of phenolic OH excluding ortho intramolecular Hbond substituents is 1. The number of nitrogens with one attached hydrogen (secondary N) is 1. The molecule has 3 aromatic rings. The SMILES string of the molecule is O=C(NC(Cc1ccc(O)cc1)C(=O)N1CC[C@@H]2[C@H]1C(=O)CN2C(=O)c1cccc([N+](=O)[O-])c1)c1cccc(Br)c1. The summed E-state index contributed by atoms with van der Waals surface area (Å²) in [6, 6.07) is 15.8. The maximum atomic E-state index is 13.9. The summed E-state index contributed by atoms with van der Waals surface area (Å²) in [6.07, 6.45) is 0.450. The van der Waals surface area contributed by atoms with Crippen LogP contribution in [0.25, 0.3) is 0 Å². The van der Waals surface area contributed by atoms with E-state index in [1.165, 1.54) is 46.2 Å². The predicted molar refractivity (Wildman–Crippen MR) is 150 cm³/mol. The summed E-state index contributed by atoms with van der Waals surface area (Å²) in [5, 5.41) is 23.7. The summed E-state index contributed by atoms with van der Waals surface area (Å²) in [6.45, 7) is -0.0366. The van der Waals surface area contributed by atoms with Crippen LogP contribution < -0.4 is 5.32 Å². The quantitative estimate of drug-likeness (QED) is 0.304. The molecule has 0 radical (unpaired) electrons. The van der Waals surface area contributed by atoms with Crippen molar-refractivity contribution in [3.8, 4) is 5.75 Å². The Hall–Kier alpha value is -4.58. The number of hydrogen-bond donors (Lipinski definition) is 2. The third-order valence-corrected chi connectivity index (χ3v) is 7.83. The van der Waals surface area contributed by atoms with Crippen LogP contribution in [0.1, 0.15) is 32.7 Å². The van der Waals surface area contributed by atoms with Crippen molar-refractivity contribution < 1.29 is 29.2 Å². The van der Waals surface area contributed by atoms with E-state index in [1.807, 2.05) is 0 Å². The van der Waals surface area contributed by atoms with Gasteiger partial charge in [-0.05, 0) is 48.4 Å². The molecule has 0 bridgehead atoms. The van der Waals surface area contributed by atoms with Gasteiger partial charge >= 0.3 is 0 Å². The lowest BCUT2D eigenvalue weighted by Gasteiger charge is -2.28. The Labute approximate surface area is 243 Å². The van der Waals surface area contributed by atoms with Gasteiger partial charge in [-0.15, -0.1) is 0 Å². The second kappa shape index (κ2) is 11.5. The Kier molecular flexibility index (Phi) is 7.84. The molecule has 3 aromatic carbocycles. The van der Waals surface area contributed by atoms with Gasteiger partial charge in [0.1, 0.15) is 17.8 Å². The molecule has 2 heterocycles. The minimum Gasteiger partial charge on any atom is -0.508 e. The number of halogens is 1. The number of fused-ring (bicyclic) bond motifs is 1. The lowest BCUT2D eigenvalue weighted by Crippen LogP contribution is -2.53. The monoisotopic (exact) mass is 620 g/mol. The number of hydrogen-bond acceptors (Lipinski definition) is 7. The van der Waals surface area contributed by atoms with Crippen LogP contribution in [0.4, 0.5) is 5.69 Å². The number of nitrogens with zero attached hydrogens (tertiary/aromatic N) is 3. The van der Waals surface area contributed by atoms with E-state index in [2.05, 4.69) is 21.2 Å². The molecule has 2 aliphatic heterocycles. The van der Waals surface area contributed by atoms with Crippen molar-refractivity contribution >= 4 is 45.1 Å². The normalized spacial score (nSPS) is 18.6. The van der Waals surface area contributed by atoms with Crippen LogP contribution >= 0.6 is 15.9 Å². The molecule has 2 fully saturated rings. The van der Waals surface area contributed by atoms with E-state index in [9.17, 15) is 34.4 Å². The first-order valence-electron chi connectivity index (χ1n) is 12.9. The molecule has 210 valence electrons. The summed E-state index contributed by atoms with van der Waals surface area (Å²) in [5.74, 6) is -1.72. The second-order valence-electron chi connectivity index (χ2n) is 9.95. The summed E-state index contributed by atoms with van der Waals surface area (Å²) < 4.78 is 0.694. The van der Waals surface area contributed by atoms with Gasteiger partial charge in [-0.25, -0.2) is 0 Å². The number of ketones is 1. The zero-order valence-corrected chi connectivity index (χ0v) is 23.2. The van der Waals surface area contributed by atoms with Gasteiger partial charge in [0.15, 0.2) is 5.78 Å². The van der Waals surface area contributed by atoms with E-state index < -0.39 is 40.8 Å². The van der Waals surface area contributed by atoms with Crippen LogP contribution in [-0.4, -0.2) is 74.5 Å². The Morgan fingerprint density at radius 2 is 1.73 bits per heavy atom. The molecule has 3 atom stereocenters. The van der Waals surface area contributed by atoms with Gasteiger partial charge in [-0.2, -0.15) is 0 Å². The third-order valence-electron chi connectivity index (χ3n) is 7.34. The minimum absolute atomic E-state index is 0.0576. The predicted octanol–water partition coefficient (Wildman–Crippen LogP) is 3.10. The molecule has 3 amide bonds. The highest BCUT2D eigenvalue weighted by Crippen LogP contribution is 2.32. The van der Waals surface area contributed by atoms with E-state index in [1.54, 1.807) is 36.4 Å². The van der Waals surface area contributed by atoms with Crippen LogP contribution in [0.3, 0.4) is 0 Å². The number of rotatable bonds is 7. The largest absolute Gasteiger partial charge is 0.508 e. The van der Waals surface area contributed by atoms with Crippen LogP contribution in [0.5, 0.6) is 5.75 Å². The highest BCUT2D eigenvalue weighted by Gasteiger charge is 2.52. The first kappa shape index (κ1) is 28.0. The fourth-order valence-corrected chi connectivity index (χ4v) is 5.80. The molecule has 0 spiro atoms. The molecule has 12 heteroatoms. The van der Waals surface area contributed by atoms with E-state index in [-0.39, 0.29) is 42.3 Å². The van der Waals surface area contributed by atoms with Gasteiger partial charge in [-0.3, -0.25) is 29.3 Å². The lowest BCUT2D eigenvalue weighted by atomic mass is 10.0. The van der Waals surface area contributed by atoms with E-state index in [0.29, 0.717) is 22.0 Å². The number of likely N-dealkylation sites (tertiary alicyclic amines) is 2. The van der Waals surface area contributed by atoms with Crippen LogP contribution in [0, 0.1) is 10.1 Å². The smallest absolute Gasteiger partial charge is 0.270 e. The highest BCUT2D eigenvalue weighted by molar-refractivity contribution is 9.10. The summed E-state index contributed by atoms with van der Waals surface area (Å²) in [7, 11) is 0. The molecule has 2 N–H and O–H groups in total. The van der Waals surface area contributed by atoms with Crippen molar-refractivity contribution in [2.75, 3.05) is 13.1 Å². The Morgan fingerprint density at radius 3 is 2.44 bits per heavy atom. The summed E-state index contributed by atoms with van der Waals surface area (Å²) in [4.78, 5) is 66.9. The summed E-state index contributed by atoms with van der Waals surface area (Å²) >= 11 is 3.34. The van der Waals surface area contributed by atoms with E-state index in [4.69, 9.17) is 0 Å². The number of non-ortho nitro benzene ring substituents is 1.